The predicted molar refractivity (Wildman–Crippen MR) is 90.7 cm³/mol. The van der Waals surface area contributed by atoms with Gasteiger partial charge in [0.15, 0.2) is 0 Å². The topological polar surface area (TPSA) is 51.6 Å². The van der Waals surface area contributed by atoms with Crippen LogP contribution < -0.4 is 0 Å². The molecule has 2 aromatic heterocycles. The first kappa shape index (κ1) is 13.5. The van der Waals surface area contributed by atoms with Crippen molar-refractivity contribution in [1.82, 2.24) is 20.2 Å². The summed E-state index contributed by atoms with van der Waals surface area (Å²) in [5, 5.41) is 9.89. The molecule has 0 aliphatic rings. The lowest BCUT2D eigenvalue weighted by Gasteiger charge is -2.10. The zero-order valence-corrected chi connectivity index (χ0v) is 12.6. The van der Waals surface area contributed by atoms with Crippen molar-refractivity contribution in [2.75, 3.05) is 0 Å². The fourth-order valence-corrected chi connectivity index (χ4v) is 2.72. The van der Waals surface area contributed by atoms with Gasteiger partial charge >= 0.3 is 0 Å². The van der Waals surface area contributed by atoms with E-state index in [1.807, 2.05) is 67.6 Å². The van der Waals surface area contributed by atoms with Gasteiger partial charge in [-0.05, 0) is 6.92 Å². The highest BCUT2D eigenvalue weighted by atomic mass is 15.1. The van der Waals surface area contributed by atoms with Gasteiger partial charge in [-0.3, -0.25) is 0 Å². The molecule has 0 atom stereocenters. The van der Waals surface area contributed by atoms with Crippen molar-refractivity contribution in [1.29, 1.82) is 0 Å². The quantitative estimate of drug-likeness (QED) is 0.560. The Morgan fingerprint density at radius 1 is 0.652 bits per heavy atom. The maximum Gasteiger partial charge on any atom is 0.119 e. The minimum Gasteiger partial charge on any atom is -0.241 e. The van der Waals surface area contributed by atoms with Gasteiger partial charge in [0.2, 0.25) is 0 Å². The van der Waals surface area contributed by atoms with Crippen molar-refractivity contribution in [3.05, 3.63) is 72.7 Å². The van der Waals surface area contributed by atoms with Crippen LogP contribution in [0, 0.1) is 6.92 Å². The van der Waals surface area contributed by atoms with Crippen LogP contribution in [-0.2, 0) is 0 Å². The number of hydrogen-bond donors (Lipinski definition) is 0. The molecule has 0 saturated heterocycles. The molecule has 0 aliphatic carbocycles. The molecule has 4 nitrogen and oxygen atoms in total. The molecule has 0 spiro atoms. The van der Waals surface area contributed by atoms with Crippen molar-refractivity contribution in [3.8, 4) is 22.5 Å². The fourth-order valence-electron chi connectivity index (χ4n) is 2.72. The summed E-state index contributed by atoms with van der Waals surface area (Å²) < 4.78 is 0. The molecule has 0 bridgehead atoms. The molecular formula is C19H14N4. The van der Waals surface area contributed by atoms with Gasteiger partial charge in [0.1, 0.15) is 23.2 Å². The van der Waals surface area contributed by atoms with Crippen LogP contribution in [0.25, 0.3) is 33.4 Å². The second-order valence-corrected chi connectivity index (χ2v) is 5.31. The number of hydrogen-bond acceptors (Lipinski definition) is 4. The summed E-state index contributed by atoms with van der Waals surface area (Å²) in [5.74, 6) is 0. The lowest BCUT2D eigenvalue weighted by molar-refractivity contribution is 1.04. The molecule has 0 radical (unpaired) electrons. The van der Waals surface area contributed by atoms with Gasteiger partial charge in [-0.25, -0.2) is 9.97 Å². The first-order chi connectivity index (χ1) is 11.3. The summed E-state index contributed by atoms with van der Waals surface area (Å²) in [7, 11) is 0. The van der Waals surface area contributed by atoms with Crippen LogP contribution in [0.1, 0.15) is 5.69 Å². The standard InChI is InChI=1S/C19H14N4/c1-13-16-17(14-8-4-2-5-9-14)22-23-18(19(16)21-12-20-13)15-10-6-3-7-11-15/h2-12H,1H3. The highest BCUT2D eigenvalue weighted by Crippen LogP contribution is 2.31. The maximum absolute atomic E-state index is 4.49. The third kappa shape index (κ3) is 2.34. The Hall–Kier alpha value is -3.14. The first-order valence-electron chi connectivity index (χ1n) is 7.43. The summed E-state index contributed by atoms with van der Waals surface area (Å²) in [5.41, 5.74) is 5.35. The van der Waals surface area contributed by atoms with E-state index >= 15 is 0 Å². The van der Waals surface area contributed by atoms with E-state index in [0.717, 1.165) is 39.1 Å². The SMILES string of the molecule is Cc1ncnc2c(-c3ccccc3)nnc(-c3ccccc3)c12. The summed E-state index contributed by atoms with van der Waals surface area (Å²) in [6, 6.07) is 20.0. The molecule has 2 aromatic carbocycles. The molecule has 4 heteroatoms. The van der Waals surface area contributed by atoms with E-state index < -0.39 is 0 Å². The number of fused-ring (bicyclic) bond motifs is 1. The molecule has 2 heterocycles. The average molecular weight is 298 g/mol. The van der Waals surface area contributed by atoms with Crippen molar-refractivity contribution in [2.45, 2.75) is 6.92 Å². The molecule has 0 saturated carbocycles. The smallest absolute Gasteiger partial charge is 0.119 e. The van der Waals surface area contributed by atoms with Crippen molar-refractivity contribution >= 4 is 10.9 Å². The van der Waals surface area contributed by atoms with Crippen LogP contribution in [0.2, 0.25) is 0 Å². The highest BCUT2D eigenvalue weighted by molar-refractivity contribution is 6.00. The van der Waals surface area contributed by atoms with E-state index in [1.54, 1.807) is 6.33 Å². The zero-order valence-electron chi connectivity index (χ0n) is 12.6. The Bertz CT molecular complexity index is 966. The van der Waals surface area contributed by atoms with Gasteiger partial charge in [0.05, 0.1) is 11.1 Å². The molecule has 4 rings (SSSR count). The Morgan fingerprint density at radius 2 is 1.22 bits per heavy atom. The molecule has 23 heavy (non-hydrogen) atoms. The molecule has 0 fully saturated rings. The molecule has 0 aliphatic heterocycles. The van der Waals surface area contributed by atoms with Gasteiger partial charge in [0, 0.05) is 11.1 Å². The average Bonchev–Trinajstić information content (AvgIpc) is 2.63. The molecular weight excluding hydrogens is 284 g/mol. The second-order valence-electron chi connectivity index (χ2n) is 5.31. The number of nitrogens with zero attached hydrogens (tertiary/aromatic N) is 4. The summed E-state index contributed by atoms with van der Waals surface area (Å²) in [4.78, 5) is 8.84. The van der Waals surface area contributed by atoms with Crippen LogP contribution in [0.5, 0.6) is 0 Å². The van der Waals surface area contributed by atoms with E-state index in [9.17, 15) is 0 Å². The normalized spacial score (nSPS) is 10.8. The van der Waals surface area contributed by atoms with Crippen LogP contribution in [0.3, 0.4) is 0 Å². The lowest BCUT2D eigenvalue weighted by Crippen LogP contribution is -1.99. The molecule has 110 valence electrons. The summed E-state index contributed by atoms with van der Waals surface area (Å²) in [6.45, 7) is 1.98. The zero-order chi connectivity index (χ0) is 15.6. The number of benzene rings is 2. The second kappa shape index (κ2) is 5.57. The lowest BCUT2D eigenvalue weighted by atomic mass is 10.0. The van der Waals surface area contributed by atoms with Crippen molar-refractivity contribution in [2.24, 2.45) is 0 Å². The number of rotatable bonds is 2. The van der Waals surface area contributed by atoms with Crippen LogP contribution in [0.4, 0.5) is 0 Å². The maximum atomic E-state index is 4.49. The van der Waals surface area contributed by atoms with Gasteiger partial charge in [-0.2, -0.15) is 0 Å². The molecule has 0 unspecified atom stereocenters. The highest BCUT2D eigenvalue weighted by Gasteiger charge is 2.15. The fraction of sp³-hybridized carbons (Fsp3) is 0.0526. The first-order valence-corrected chi connectivity index (χ1v) is 7.43. The minimum absolute atomic E-state index is 0.783. The predicted octanol–water partition coefficient (Wildman–Crippen LogP) is 4.06. The van der Waals surface area contributed by atoms with Crippen molar-refractivity contribution in [3.63, 3.8) is 0 Å². The van der Waals surface area contributed by atoms with Gasteiger partial charge in [-0.1, -0.05) is 60.7 Å². The van der Waals surface area contributed by atoms with Crippen LogP contribution >= 0.6 is 0 Å². The van der Waals surface area contributed by atoms with E-state index in [4.69, 9.17) is 0 Å². The largest absolute Gasteiger partial charge is 0.241 e. The Balaban J connectivity index is 2.06. The summed E-state index contributed by atoms with van der Waals surface area (Å²) in [6.07, 6.45) is 1.58. The van der Waals surface area contributed by atoms with Crippen LogP contribution in [0.15, 0.2) is 67.0 Å². The Kier molecular flexibility index (Phi) is 3.27. The van der Waals surface area contributed by atoms with E-state index in [0.29, 0.717) is 0 Å². The van der Waals surface area contributed by atoms with E-state index in [-0.39, 0.29) is 0 Å². The van der Waals surface area contributed by atoms with E-state index in [1.165, 1.54) is 0 Å². The third-order valence-electron chi connectivity index (χ3n) is 3.84. The Labute approximate surface area is 133 Å². The molecule has 0 N–H and O–H groups in total. The van der Waals surface area contributed by atoms with Crippen LogP contribution in [-0.4, -0.2) is 20.2 Å². The molecule has 4 aromatic rings. The van der Waals surface area contributed by atoms with Gasteiger partial charge < -0.3 is 0 Å². The third-order valence-corrected chi connectivity index (χ3v) is 3.84. The van der Waals surface area contributed by atoms with Gasteiger partial charge in [-0.15, -0.1) is 10.2 Å². The Morgan fingerprint density at radius 3 is 1.87 bits per heavy atom. The van der Waals surface area contributed by atoms with Crippen molar-refractivity contribution < 1.29 is 0 Å². The number of aryl methyl sites for hydroxylation is 1. The monoisotopic (exact) mass is 298 g/mol. The minimum atomic E-state index is 0.783. The van der Waals surface area contributed by atoms with E-state index in [2.05, 4.69) is 20.2 Å². The number of aromatic nitrogens is 4. The summed E-state index contributed by atoms with van der Waals surface area (Å²) >= 11 is 0. The molecule has 0 amide bonds. The van der Waals surface area contributed by atoms with Gasteiger partial charge in [0.25, 0.3) is 0 Å².